The number of amides is 4. The Morgan fingerprint density at radius 1 is 1.00 bits per heavy atom. The molecule has 1 aliphatic carbocycles. The number of likely N-dealkylation sites (N-methyl/N-ethyl adjacent to an activating group) is 1. The molecule has 33 heavy (non-hydrogen) atoms. The van der Waals surface area contributed by atoms with Crippen molar-refractivity contribution in [3.8, 4) is 0 Å². The Kier molecular flexibility index (Phi) is 8.09. The number of carbonyl (C=O) groups is 2. The maximum Gasteiger partial charge on any atom is 0.322 e. The summed E-state index contributed by atoms with van der Waals surface area (Å²) in [7, 11) is 1.91. The van der Waals surface area contributed by atoms with Crippen LogP contribution in [0.5, 0.6) is 0 Å². The lowest BCUT2D eigenvalue weighted by atomic mass is 10.0. The topological polar surface area (TPSA) is 88.2 Å². The second-order valence-electron chi connectivity index (χ2n) is 9.79. The summed E-state index contributed by atoms with van der Waals surface area (Å²) in [5, 5.41) is 16.6. The molecule has 0 radical (unpaired) electrons. The molecule has 2 saturated heterocycles. The van der Waals surface area contributed by atoms with E-state index in [4.69, 9.17) is 0 Å². The zero-order valence-corrected chi connectivity index (χ0v) is 19.8. The Morgan fingerprint density at radius 3 is 2.42 bits per heavy atom. The fourth-order valence-corrected chi connectivity index (χ4v) is 4.79. The first-order valence-electron chi connectivity index (χ1n) is 12.6. The van der Waals surface area contributed by atoms with Crippen LogP contribution in [0.4, 0.5) is 15.3 Å². The number of piperidine rings is 1. The minimum atomic E-state index is -0.649. The predicted molar refractivity (Wildman–Crippen MR) is 129 cm³/mol. The Hall–Kier alpha value is -2.32. The highest BCUT2D eigenvalue weighted by atomic mass is 16.3. The van der Waals surface area contributed by atoms with E-state index in [2.05, 4.69) is 10.6 Å². The molecule has 8 nitrogen and oxygen atoms in total. The van der Waals surface area contributed by atoms with Crippen molar-refractivity contribution < 1.29 is 14.7 Å². The molecule has 3 N–H and O–H groups in total. The van der Waals surface area contributed by atoms with E-state index in [-0.39, 0.29) is 24.1 Å². The van der Waals surface area contributed by atoms with Crippen molar-refractivity contribution in [1.82, 2.24) is 20.0 Å². The van der Waals surface area contributed by atoms with Crippen LogP contribution < -0.4 is 10.6 Å². The molecule has 8 heteroatoms. The molecular formula is C25H39N5O3. The van der Waals surface area contributed by atoms with Crippen molar-refractivity contribution in [3.63, 3.8) is 0 Å². The van der Waals surface area contributed by atoms with Crippen molar-refractivity contribution in [3.05, 3.63) is 29.8 Å². The summed E-state index contributed by atoms with van der Waals surface area (Å²) in [5.74, 6) is 0. The van der Waals surface area contributed by atoms with Gasteiger partial charge in [0.25, 0.3) is 0 Å². The molecule has 1 saturated carbocycles. The summed E-state index contributed by atoms with van der Waals surface area (Å²) in [4.78, 5) is 31.0. The second kappa shape index (κ2) is 11.2. The molecule has 182 valence electrons. The number of urea groups is 2. The average Bonchev–Trinajstić information content (AvgIpc) is 3.71. The molecule has 2 atom stereocenters. The molecule has 4 amide bonds. The average molecular weight is 458 g/mol. The smallest absolute Gasteiger partial charge is 0.322 e. The van der Waals surface area contributed by atoms with E-state index in [1.807, 2.05) is 46.0 Å². The minimum Gasteiger partial charge on any atom is -0.376 e. The molecule has 0 aromatic heterocycles. The number of aliphatic hydroxyl groups is 1. The van der Waals surface area contributed by atoms with Crippen molar-refractivity contribution >= 4 is 17.7 Å². The monoisotopic (exact) mass is 457 g/mol. The van der Waals surface area contributed by atoms with Gasteiger partial charge in [-0.25, -0.2) is 9.59 Å². The van der Waals surface area contributed by atoms with E-state index >= 15 is 0 Å². The van der Waals surface area contributed by atoms with Crippen LogP contribution in [0, 0.1) is 0 Å². The van der Waals surface area contributed by atoms with Crippen LogP contribution in [-0.4, -0.2) is 76.9 Å². The van der Waals surface area contributed by atoms with E-state index in [0.717, 1.165) is 56.3 Å². The van der Waals surface area contributed by atoms with Gasteiger partial charge in [0, 0.05) is 37.9 Å². The molecule has 3 fully saturated rings. The van der Waals surface area contributed by atoms with Crippen LogP contribution >= 0.6 is 0 Å². The molecule has 1 unspecified atom stereocenters. The first kappa shape index (κ1) is 23.8. The number of hydrogen-bond acceptors (Lipinski definition) is 4. The summed E-state index contributed by atoms with van der Waals surface area (Å²) in [6.07, 6.45) is 9.38. The molecule has 1 aromatic rings. The Morgan fingerprint density at radius 2 is 1.70 bits per heavy atom. The van der Waals surface area contributed by atoms with E-state index < -0.39 is 6.23 Å². The van der Waals surface area contributed by atoms with Gasteiger partial charge in [-0.3, -0.25) is 4.90 Å². The number of nitrogens with zero attached hydrogens (tertiary/aromatic N) is 3. The van der Waals surface area contributed by atoms with Gasteiger partial charge in [-0.1, -0.05) is 50.3 Å². The highest BCUT2D eigenvalue weighted by Gasteiger charge is 2.34. The number of para-hydroxylation sites is 1. The largest absolute Gasteiger partial charge is 0.376 e. The molecule has 0 bridgehead atoms. The maximum absolute atomic E-state index is 12.8. The van der Waals surface area contributed by atoms with Crippen LogP contribution in [0.1, 0.15) is 63.4 Å². The fraction of sp³-hybridized carbons (Fsp3) is 0.680. The van der Waals surface area contributed by atoms with Gasteiger partial charge in [-0.15, -0.1) is 0 Å². The number of carbonyl (C=O) groups excluding carboxylic acids is 2. The number of fused-ring (bicyclic) bond motifs is 1. The number of anilines is 1. The number of nitrogens with one attached hydrogen (secondary N) is 2. The van der Waals surface area contributed by atoms with Gasteiger partial charge in [0.2, 0.25) is 0 Å². The quantitative estimate of drug-likeness (QED) is 0.634. The lowest BCUT2D eigenvalue weighted by Gasteiger charge is -2.41. The van der Waals surface area contributed by atoms with Crippen molar-refractivity contribution in [2.45, 2.75) is 82.6 Å². The highest BCUT2D eigenvalue weighted by Crippen LogP contribution is 2.27. The molecule has 5 rings (SSSR count). The van der Waals surface area contributed by atoms with Gasteiger partial charge in [0.1, 0.15) is 6.23 Å². The summed E-state index contributed by atoms with van der Waals surface area (Å²) < 4.78 is 0. The minimum absolute atomic E-state index is 0.0581. The fourth-order valence-electron chi connectivity index (χ4n) is 4.79. The first-order chi connectivity index (χ1) is 16.0. The SMILES string of the molecule is C1CC1.CN1CCCCC[C@@H](NC(=O)N2CCC(N3Cc4ccccc4NC3=O)CC2)C1O. The highest BCUT2D eigenvalue weighted by molar-refractivity contribution is 5.92. The molecule has 0 spiro atoms. The van der Waals surface area contributed by atoms with Crippen LogP contribution in [0.2, 0.25) is 0 Å². The van der Waals surface area contributed by atoms with Gasteiger partial charge in [-0.2, -0.15) is 0 Å². The zero-order valence-electron chi connectivity index (χ0n) is 19.8. The third-order valence-electron chi connectivity index (χ3n) is 7.05. The van der Waals surface area contributed by atoms with Crippen LogP contribution in [0.3, 0.4) is 0 Å². The van der Waals surface area contributed by atoms with E-state index in [1.54, 1.807) is 0 Å². The summed E-state index contributed by atoms with van der Waals surface area (Å²) in [6, 6.07) is 7.60. The van der Waals surface area contributed by atoms with Gasteiger partial charge in [-0.05, 0) is 44.4 Å². The summed E-state index contributed by atoms with van der Waals surface area (Å²) in [6.45, 7) is 2.68. The lowest BCUT2D eigenvalue weighted by Crippen LogP contribution is -2.57. The summed E-state index contributed by atoms with van der Waals surface area (Å²) in [5.41, 5.74) is 2.01. The Balaban J connectivity index is 0.000000799. The first-order valence-corrected chi connectivity index (χ1v) is 12.6. The Bertz CT molecular complexity index is 806. The number of rotatable bonds is 2. The molecule has 4 aliphatic rings. The lowest BCUT2D eigenvalue weighted by molar-refractivity contribution is -0.0155. The van der Waals surface area contributed by atoms with E-state index in [9.17, 15) is 14.7 Å². The zero-order chi connectivity index (χ0) is 23.2. The second-order valence-corrected chi connectivity index (χ2v) is 9.79. The molecule has 3 aliphatic heterocycles. The molecular weight excluding hydrogens is 418 g/mol. The van der Waals surface area contributed by atoms with Crippen molar-refractivity contribution in [1.29, 1.82) is 0 Å². The number of benzene rings is 1. The van der Waals surface area contributed by atoms with Gasteiger partial charge >= 0.3 is 12.1 Å². The van der Waals surface area contributed by atoms with E-state index in [0.29, 0.717) is 19.6 Å². The Labute approximate surface area is 197 Å². The molecule has 3 heterocycles. The van der Waals surface area contributed by atoms with Crippen LogP contribution in [0.25, 0.3) is 0 Å². The van der Waals surface area contributed by atoms with E-state index in [1.165, 1.54) is 19.3 Å². The van der Waals surface area contributed by atoms with Crippen LogP contribution in [0.15, 0.2) is 24.3 Å². The number of hydrogen-bond donors (Lipinski definition) is 3. The number of likely N-dealkylation sites (tertiary alicyclic amines) is 2. The standard InChI is InChI=1S/C22H33N5O3.C3H6/c1-25-12-6-2-3-9-19(20(25)28)24-21(29)26-13-10-17(11-14-26)27-15-16-7-4-5-8-18(16)23-22(27)30;1-2-3-1/h4-5,7-8,17,19-20,28H,2-3,6,9-15H2,1H3,(H,23,30)(H,24,29);1-3H2/t19-,20?;/m1./s1. The summed E-state index contributed by atoms with van der Waals surface area (Å²) >= 11 is 0. The number of aliphatic hydroxyl groups excluding tert-OH is 1. The molecule has 1 aromatic carbocycles. The van der Waals surface area contributed by atoms with Gasteiger partial charge < -0.3 is 25.5 Å². The third-order valence-corrected chi connectivity index (χ3v) is 7.05. The normalized spacial score (nSPS) is 26.2. The van der Waals surface area contributed by atoms with Gasteiger partial charge in [0.05, 0.1) is 6.04 Å². The third kappa shape index (κ3) is 6.38. The predicted octanol–water partition coefficient (Wildman–Crippen LogP) is 3.57. The van der Waals surface area contributed by atoms with Crippen LogP contribution in [-0.2, 0) is 6.54 Å². The van der Waals surface area contributed by atoms with Gasteiger partial charge in [0.15, 0.2) is 0 Å². The maximum atomic E-state index is 12.8. The van der Waals surface area contributed by atoms with Crippen molar-refractivity contribution in [2.24, 2.45) is 0 Å². The van der Waals surface area contributed by atoms with Crippen molar-refractivity contribution in [2.75, 3.05) is 32.0 Å².